The number of anilines is 1. The van der Waals surface area contributed by atoms with Crippen LogP contribution in [0, 0.1) is 0 Å². The third-order valence-corrected chi connectivity index (χ3v) is 2.83. The number of nitrogens with one attached hydrogen (secondary N) is 1. The molecule has 0 aromatic carbocycles. The number of rotatable bonds is 4. The Morgan fingerprint density at radius 2 is 1.95 bits per heavy atom. The van der Waals surface area contributed by atoms with Crippen LogP contribution in [0.2, 0.25) is 0 Å². The first-order valence-corrected chi connectivity index (χ1v) is 6.15. The van der Waals surface area contributed by atoms with Gasteiger partial charge in [0.25, 0.3) is 5.91 Å². The van der Waals surface area contributed by atoms with E-state index in [1.165, 1.54) is 30.8 Å². The predicted octanol–water partition coefficient (Wildman–Crippen LogP) is 2.28. The van der Waals surface area contributed by atoms with E-state index in [-0.39, 0.29) is 22.9 Å². The van der Waals surface area contributed by atoms with E-state index in [9.17, 15) is 14.7 Å². The van der Waals surface area contributed by atoms with Gasteiger partial charge in [-0.2, -0.15) is 0 Å². The van der Waals surface area contributed by atoms with Gasteiger partial charge in [0.2, 0.25) is 5.88 Å². The SMILES string of the molecule is O=C(Nc1onc(-c2ccncc2)c1C(=O)O)c1ccco1. The molecule has 0 saturated heterocycles. The van der Waals surface area contributed by atoms with E-state index in [4.69, 9.17) is 8.94 Å². The van der Waals surface area contributed by atoms with Crippen molar-refractivity contribution in [2.24, 2.45) is 0 Å². The second-order valence-electron chi connectivity index (χ2n) is 4.21. The molecular weight excluding hydrogens is 290 g/mol. The van der Waals surface area contributed by atoms with E-state index in [0.29, 0.717) is 5.56 Å². The van der Waals surface area contributed by atoms with Gasteiger partial charge in [0.05, 0.1) is 6.26 Å². The molecule has 0 atom stereocenters. The molecule has 0 unspecified atom stereocenters. The number of aromatic carboxylic acids is 1. The largest absolute Gasteiger partial charge is 0.477 e. The number of carbonyl (C=O) groups excluding carboxylic acids is 1. The number of amides is 1. The van der Waals surface area contributed by atoms with Crippen molar-refractivity contribution in [1.29, 1.82) is 0 Å². The van der Waals surface area contributed by atoms with Gasteiger partial charge in [-0.15, -0.1) is 0 Å². The molecule has 0 aliphatic rings. The molecule has 2 N–H and O–H groups in total. The molecule has 0 bridgehead atoms. The Kier molecular flexibility index (Phi) is 3.40. The minimum Gasteiger partial charge on any atom is -0.477 e. The standard InChI is InChI=1S/C14H9N3O5/c18-12(9-2-1-7-21-9)16-13-10(14(19)20)11(17-22-13)8-3-5-15-6-4-8/h1-7H,(H,16,18)(H,19,20). The fourth-order valence-electron chi connectivity index (χ4n) is 1.85. The first kappa shape index (κ1) is 13.6. The van der Waals surface area contributed by atoms with Crippen LogP contribution in [0.1, 0.15) is 20.9 Å². The van der Waals surface area contributed by atoms with Crippen LogP contribution in [0.4, 0.5) is 5.88 Å². The first-order chi connectivity index (χ1) is 10.7. The van der Waals surface area contributed by atoms with Gasteiger partial charge in [-0.05, 0) is 24.3 Å². The van der Waals surface area contributed by atoms with E-state index >= 15 is 0 Å². The van der Waals surface area contributed by atoms with Crippen molar-refractivity contribution in [2.45, 2.75) is 0 Å². The highest BCUT2D eigenvalue weighted by atomic mass is 16.5. The summed E-state index contributed by atoms with van der Waals surface area (Å²) in [5.74, 6) is -2.15. The molecule has 0 aliphatic carbocycles. The van der Waals surface area contributed by atoms with Gasteiger partial charge >= 0.3 is 5.97 Å². The normalized spacial score (nSPS) is 10.4. The molecule has 0 fully saturated rings. The molecule has 8 nitrogen and oxygen atoms in total. The van der Waals surface area contributed by atoms with Crippen molar-refractivity contribution in [3.05, 3.63) is 54.2 Å². The van der Waals surface area contributed by atoms with Gasteiger partial charge in [-0.3, -0.25) is 15.1 Å². The first-order valence-electron chi connectivity index (χ1n) is 6.15. The lowest BCUT2D eigenvalue weighted by Crippen LogP contribution is -2.13. The predicted molar refractivity (Wildman–Crippen MR) is 73.4 cm³/mol. The van der Waals surface area contributed by atoms with E-state index in [1.807, 2.05) is 0 Å². The fourth-order valence-corrected chi connectivity index (χ4v) is 1.85. The average molecular weight is 299 g/mol. The maximum Gasteiger partial charge on any atom is 0.343 e. The van der Waals surface area contributed by atoms with Crippen LogP contribution in [0.15, 0.2) is 51.9 Å². The van der Waals surface area contributed by atoms with E-state index in [1.54, 1.807) is 12.1 Å². The number of hydrogen-bond donors (Lipinski definition) is 2. The number of aromatic nitrogens is 2. The molecule has 1 amide bonds. The van der Waals surface area contributed by atoms with Crippen molar-refractivity contribution in [2.75, 3.05) is 5.32 Å². The van der Waals surface area contributed by atoms with Crippen molar-refractivity contribution in [1.82, 2.24) is 10.1 Å². The number of hydrogen-bond acceptors (Lipinski definition) is 6. The number of nitrogens with zero attached hydrogens (tertiary/aromatic N) is 2. The highest BCUT2D eigenvalue weighted by Crippen LogP contribution is 2.28. The van der Waals surface area contributed by atoms with Crippen LogP contribution in [0.3, 0.4) is 0 Å². The van der Waals surface area contributed by atoms with E-state index in [0.717, 1.165) is 0 Å². The third kappa shape index (κ3) is 2.44. The summed E-state index contributed by atoms with van der Waals surface area (Å²) in [6, 6.07) is 6.15. The molecule has 8 heteroatoms. The van der Waals surface area contributed by atoms with Gasteiger partial charge in [0.15, 0.2) is 11.3 Å². The smallest absolute Gasteiger partial charge is 0.343 e. The van der Waals surface area contributed by atoms with Crippen LogP contribution in [0.5, 0.6) is 0 Å². The molecule has 0 saturated carbocycles. The molecule has 110 valence electrons. The maximum atomic E-state index is 11.9. The zero-order valence-electron chi connectivity index (χ0n) is 11.0. The maximum absolute atomic E-state index is 11.9. The van der Waals surface area contributed by atoms with Gasteiger partial charge in [-0.25, -0.2) is 4.79 Å². The monoisotopic (exact) mass is 299 g/mol. The van der Waals surface area contributed by atoms with Crippen molar-refractivity contribution in [3.63, 3.8) is 0 Å². The van der Waals surface area contributed by atoms with Crippen LogP contribution in [-0.4, -0.2) is 27.1 Å². The molecule has 3 heterocycles. The summed E-state index contributed by atoms with van der Waals surface area (Å²) in [6.45, 7) is 0. The molecular formula is C14H9N3O5. The van der Waals surface area contributed by atoms with Crippen LogP contribution < -0.4 is 5.32 Å². The zero-order chi connectivity index (χ0) is 15.5. The Morgan fingerprint density at radius 1 is 1.18 bits per heavy atom. The molecule has 0 aliphatic heterocycles. The lowest BCUT2D eigenvalue weighted by molar-refractivity contribution is 0.0698. The average Bonchev–Trinajstić information content (AvgIpc) is 3.17. The number of furan rings is 1. The topological polar surface area (TPSA) is 118 Å². The second-order valence-corrected chi connectivity index (χ2v) is 4.21. The Bertz CT molecular complexity index is 808. The van der Waals surface area contributed by atoms with Gasteiger partial charge in [0, 0.05) is 18.0 Å². The van der Waals surface area contributed by atoms with Gasteiger partial charge in [-0.1, -0.05) is 5.16 Å². The minimum atomic E-state index is -1.28. The summed E-state index contributed by atoms with van der Waals surface area (Å²) < 4.78 is 9.88. The lowest BCUT2D eigenvalue weighted by atomic mass is 10.1. The Balaban J connectivity index is 1.97. The lowest BCUT2D eigenvalue weighted by Gasteiger charge is -2.00. The number of pyridine rings is 1. The highest BCUT2D eigenvalue weighted by molar-refractivity contribution is 6.07. The molecule has 0 spiro atoms. The van der Waals surface area contributed by atoms with Crippen LogP contribution >= 0.6 is 0 Å². The third-order valence-electron chi connectivity index (χ3n) is 2.83. The van der Waals surface area contributed by atoms with Crippen molar-refractivity contribution in [3.8, 4) is 11.3 Å². The zero-order valence-corrected chi connectivity index (χ0v) is 11.0. The Labute approximate surface area is 123 Å². The summed E-state index contributed by atoms with van der Waals surface area (Å²) in [7, 11) is 0. The van der Waals surface area contributed by atoms with Gasteiger partial charge < -0.3 is 14.0 Å². The summed E-state index contributed by atoms with van der Waals surface area (Å²) in [4.78, 5) is 27.2. The number of carboxylic acids is 1. The Morgan fingerprint density at radius 3 is 2.59 bits per heavy atom. The molecule has 3 aromatic heterocycles. The summed E-state index contributed by atoms with van der Waals surface area (Å²) >= 11 is 0. The summed E-state index contributed by atoms with van der Waals surface area (Å²) in [5.41, 5.74) is 0.366. The minimum absolute atomic E-state index is 0.0261. The van der Waals surface area contributed by atoms with Gasteiger partial charge in [0.1, 0.15) is 5.69 Å². The van der Waals surface area contributed by atoms with Crippen LogP contribution in [-0.2, 0) is 0 Å². The number of carbonyl (C=O) groups is 2. The molecule has 0 radical (unpaired) electrons. The van der Waals surface area contributed by atoms with Crippen LogP contribution in [0.25, 0.3) is 11.3 Å². The molecule has 3 aromatic rings. The summed E-state index contributed by atoms with van der Waals surface area (Å²) in [5, 5.41) is 15.4. The molecule has 3 rings (SSSR count). The quantitative estimate of drug-likeness (QED) is 0.758. The molecule has 22 heavy (non-hydrogen) atoms. The fraction of sp³-hybridized carbons (Fsp3) is 0. The highest BCUT2D eigenvalue weighted by Gasteiger charge is 2.25. The second kappa shape index (κ2) is 5.52. The van der Waals surface area contributed by atoms with E-state index in [2.05, 4.69) is 15.5 Å². The van der Waals surface area contributed by atoms with E-state index < -0.39 is 11.9 Å². The van der Waals surface area contributed by atoms with Crippen molar-refractivity contribution < 1.29 is 23.6 Å². The summed E-state index contributed by atoms with van der Waals surface area (Å²) in [6.07, 6.45) is 4.32. The Hall–Kier alpha value is -3.42. The number of carboxylic acid groups (broad SMARTS) is 1. The van der Waals surface area contributed by atoms with Crippen molar-refractivity contribution >= 4 is 17.8 Å².